The van der Waals surface area contributed by atoms with Crippen LogP contribution in [0, 0.1) is 19.8 Å². The number of aromatic nitrogens is 1. The van der Waals surface area contributed by atoms with Gasteiger partial charge in [-0.15, -0.1) is 0 Å². The minimum Gasteiger partial charge on any atom is -0.441 e. The quantitative estimate of drug-likeness (QED) is 0.706. The molecule has 1 aromatic carbocycles. The van der Waals surface area contributed by atoms with Crippen LogP contribution in [0.15, 0.2) is 28.7 Å². The van der Waals surface area contributed by atoms with Gasteiger partial charge in [-0.25, -0.2) is 4.98 Å². The minimum absolute atomic E-state index is 0.0414. The van der Waals surface area contributed by atoms with Gasteiger partial charge in [0.2, 0.25) is 11.8 Å². The fourth-order valence-electron chi connectivity index (χ4n) is 3.67. The van der Waals surface area contributed by atoms with Gasteiger partial charge in [-0.1, -0.05) is 17.7 Å². The number of carbonyl (C=O) groups is 1. The lowest BCUT2D eigenvalue weighted by Crippen LogP contribution is -2.43. The van der Waals surface area contributed by atoms with E-state index < -0.39 is 0 Å². The first kappa shape index (κ1) is 20.6. The van der Waals surface area contributed by atoms with Crippen LogP contribution in [0.4, 0.5) is 0 Å². The summed E-state index contributed by atoms with van der Waals surface area (Å²) in [5.74, 6) is 1.71. The molecule has 28 heavy (non-hydrogen) atoms. The average Bonchev–Trinajstić information content (AvgIpc) is 3.06. The summed E-state index contributed by atoms with van der Waals surface area (Å²) >= 11 is 0. The number of rotatable bonds is 8. The van der Waals surface area contributed by atoms with E-state index in [2.05, 4.69) is 29.3 Å². The Morgan fingerprint density at radius 1 is 1.39 bits per heavy atom. The van der Waals surface area contributed by atoms with Crippen molar-refractivity contribution in [2.24, 2.45) is 5.92 Å². The monoisotopic (exact) mass is 385 g/mol. The molecule has 1 aromatic heterocycles. The molecular weight excluding hydrogens is 354 g/mol. The third-order valence-electron chi connectivity index (χ3n) is 5.23. The van der Waals surface area contributed by atoms with Crippen molar-refractivity contribution in [3.05, 3.63) is 41.3 Å². The molecule has 1 unspecified atom stereocenters. The van der Waals surface area contributed by atoms with Crippen molar-refractivity contribution in [2.75, 3.05) is 33.4 Å². The standard InChI is InChI=1S/C22H31N3O3/c1-16-7-4-8-18(13-16)22-24-20(17(2)28-22)15-25-11-5-9-19(14-25)21(26)23-10-6-12-27-3/h4,7-8,13,19H,5-6,9-12,14-15H2,1-3H3,(H,23,26). The number of hydrogen-bond donors (Lipinski definition) is 1. The van der Waals surface area contributed by atoms with Gasteiger partial charge < -0.3 is 14.5 Å². The first-order chi connectivity index (χ1) is 13.6. The molecule has 1 amide bonds. The maximum absolute atomic E-state index is 12.4. The molecule has 2 heterocycles. The van der Waals surface area contributed by atoms with Crippen molar-refractivity contribution in [1.82, 2.24) is 15.2 Å². The molecule has 0 saturated carbocycles. The molecule has 0 radical (unpaired) electrons. The molecule has 1 atom stereocenters. The number of hydrogen-bond acceptors (Lipinski definition) is 5. The summed E-state index contributed by atoms with van der Waals surface area (Å²) in [5, 5.41) is 3.03. The second-order valence-corrected chi connectivity index (χ2v) is 7.60. The zero-order valence-electron chi connectivity index (χ0n) is 17.2. The highest BCUT2D eigenvalue weighted by Gasteiger charge is 2.26. The predicted molar refractivity (Wildman–Crippen MR) is 109 cm³/mol. The molecule has 152 valence electrons. The summed E-state index contributed by atoms with van der Waals surface area (Å²) in [5.41, 5.74) is 3.14. The Morgan fingerprint density at radius 3 is 3.04 bits per heavy atom. The van der Waals surface area contributed by atoms with E-state index in [0.29, 0.717) is 25.6 Å². The van der Waals surface area contributed by atoms with E-state index in [-0.39, 0.29) is 11.8 Å². The summed E-state index contributed by atoms with van der Waals surface area (Å²) < 4.78 is 10.9. The molecule has 1 saturated heterocycles. The SMILES string of the molecule is COCCCNC(=O)C1CCCN(Cc2nc(-c3cccc(C)c3)oc2C)C1. The summed E-state index contributed by atoms with van der Waals surface area (Å²) in [6, 6.07) is 8.19. The van der Waals surface area contributed by atoms with Crippen LogP contribution in [-0.4, -0.2) is 49.1 Å². The highest BCUT2D eigenvalue weighted by Crippen LogP contribution is 2.25. The summed E-state index contributed by atoms with van der Waals surface area (Å²) in [6.07, 6.45) is 2.81. The van der Waals surface area contributed by atoms with Crippen LogP contribution in [0.1, 0.15) is 36.3 Å². The van der Waals surface area contributed by atoms with Crippen LogP contribution in [-0.2, 0) is 16.1 Å². The van der Waals surface area contributed by atoms with E-state index in [4.69, 9.17) is 14.1 Å². The second kappa shape index (κ2) is 9.85. The van der Waals surface area contributed by atoms with Crippen molar-refractivity contribution in [2.45, 2.75) is 39.7 Å². The lowest BCUT2D eigenvalue weighted by molar-refractivity contribution is -0.126. The van der Waals surface area contributed by atoms with Crippen LogP contribution in [0.3, 0.4) is 0 Å². The van der Waals surface area contributed by atoms with E-state index in [1.807, 2.05) is 19.1 Å². The Labute approximate surface area is 167 Å². The highest BCUT2D eigenvalue weighted by atomic mass is 16.5. The molecule has 6 heteroatoms. The first-order valence-electron chi connectivity index (χ1n) is 10.1. The normalized spacial score (nSPS) is 17.6. The number of nitrogens with zero attached hydrogens (tertiary/aromatic N) is 2. The van der Waals surface area contributed by atoms with Gasteiger partial charge in [0.1, 0.15) is 5.76 Å². The third kappa shape index (κ3) is 5.42. The Hall–Kier alpha value is -2.18. The van der Waals surface area contributed by atoms with Gasteiger partial charge in [0.25, 0.3) is 0 Å². The topological polar surface area (TPSA) is 67.6 Å². The minimum atomic E-state index is 0.0414. The highest BCUT2D eigenvalue weighted by molar-refractivity contribution is 5.78. The number of ether oxygens (including phenoxy) is 1. The number of nitrogens with one attached hydrogen (secondary N) is 1. The van der Waals surface area contributed by atoms with Crippen molar-refractivity contribution in [3.8, 4) is 11.5 Å². The van der Waals surface area contributed by atoms with E-state index in [9.17, 15) is 4.79 Å². The maximum atomic E-state index is 12.4. The number of carbonyl (C=O) groups excluding carboxylic acids is 1. The molecule has 1 fully saturated rings. The summed E-state index contributed by atoms with van der Waals surface area (Å²) in [6.45, 7) is 7.84. The van der Waals surface area contributed by atoms with Crippen LogP contribution >= 0.6 is 0 Å². The fourth-order valence-corrected chi connectivity index (χ4v) is 3.67. The van der Waals surface area contributed by atoms with E-state index in [1.54, 1.807) is 7.11 Å². The maximum Gasteiger partial charge on any atom is 0.226 e. The Kier molecular flexibility index (Phi) is 7.23. The molecule has 0 spiro atoms. The van der Waals surface area contributed by atoms with E-state index in [1.165, 1.54) is 5.56 Å². The molecular formula is C22H31N3O3. The molecule has 1 aliphatic heterocycles. The number of oxazole rings is 1. The number of aryl methyl sites for hydroxylation is 2. The first-order valence-corrected chi connectivity index (χ1v) is 10.1. The van der Waals surface area contributed by atoms with Crippen molar-refractivity contribution < 1.29 is 13.9 Å². The largest absolute Gasteiger partial charge is 0.441 e. The number of benzene rings is 1. The number of likely N-dealkylation sites (tertiary alicyclic amines) is 1. The Morgan fingerprint density at radius 2 is 2.25 bits per heavy atom. The molecule has 6 nitrogen and oxygen atoms in total. The third-order valence-corrected chi connectivity index (χ3v) is 5.23. The van der Waals surface area contributed by atoms with E-state index >= 15 is 0 Å². The molecule has 0 aliphatic carbocycles. The number of methoxy groups -OCH3 is 1. The molecule has 0 bridgehead atoms. The van der Waals surface area contributed by atoms with Gasteiger partial charge in [0.05, 0.1) is 11.6 Å². The Balaban J connectivity index is 1.58. The molecule has 2 aromatic rings. The Bertz CT molecular complexity index is 787. The van der Waals surface area contributed by atoms with Crippen LogP contribution in [0.2, 0.25) is 0 Å². The van der Waals surface area contributed by atoms with Gasteiger partial charge in [-0.05, 0) is 51.8 Å². The number of piperidine rings is 1. The molecule has 1 aliphatic rings. The van der Waals surface area contributed by atoms with Gasteiger partial charge in [0.15, 0.2) is 0 Å². The zero-order valence-corrected chi connectivity index (χ0v) is 17.2. The zero-order chi connectivity index (χ0) is 19.9. The summed E-state index contributed by atoms with van der Waals surface area (Å²) in [4.78, 5) is 19.5. The summed E-state index contributed by atoms with van der Waals surface area (Å²) in [7, 11) is 1.68. The predicted octanol–water partition coefficient (Wildman–Crippen LogP) is 3.32. The van der Waals surface area contributed by atoms with Gasteiger partial charge in [-0.2, -0.15) is 0 Å². The lowest BCUT2D eigenvalue weighted by Gasteiger charge is -2.31. The van der Waals surface area contributed by atoms with Crippen LogP contribution in [0.5, 0.6) is 0 Å². The second-order valence-electron chi connectivity index (χ2n) is 7.60. The molecule has 1 N–H and O–H groups in total. The molecule has 3 rings (SSSR count). The smallest absolute Gasteiger partial charge is 0.226 e. The van der Waals surface area contributed by atoms with Crippen LogP contribution < -0.4 is 5.32 Å². The van der Waals surface area contributed by atoms with Crippen molar-refractivity contribution in [3.63, 3.8) is 0 Å². The average molecular weight is 386 g/mol. The van der Waals surface area contributed by atoms with Gasteiger partial charge in [0, 0.05) is 38.9 Å². The number of amides is 1. The van der Waals surface area contributed by atoms with Crippen LogP contribution in [0.25, 0.3) is 11.5 Å². The van der Waals surface area contributed by atoms with Crippen molar-refractivity contribution >= 4 is 5.91 Å². The van der Waals surface area contributed by atoms with Gasteiger partial charge in [-0.3, -0.25) is 9.69 Å². The van der Waals surface area contributed by atoms with E-state index in [0.717, 1.165) is 49.4 Å². The lowest BCUT2D eigenvalue weighted by atomic mass is 9.97. The van der Waals surface area contributed by atoms with Crippen molar-refractivity contribution in [1.29, 1.82) is 0 Å². The van der Waals surface area contributed by atoms with Gasteiger partial charge >= 0.3 is 0 Å². The fraction of sp³-hybridized carbons (Fsp3) is 0.545.